The Balaban J connectivity index is 1.70. The van der Waals surface area contributed by atoms with Crippen molar-refractivity contribution in [2.24, 2.45) is 7.05 Å². The molecule has 0 radical (unpaired) electrons. The van der Waals surface area contributed by atoms with Crippen LogP contribution >= 0.6 is 0 Å². The van der Waals surface area contributed by atoms with Crippen molar-refractivity contribution in [3.8, 4) is 0 Å². The summed E-state index contributed by atoms with van der Waals surface area (Å²) in [5.41, 5.74) is 2.31. The largest absolute Gasteiger partial charge is 0.372 e. The van der Waals surface area contributed by atoms with E-state index in [1.165, 1.54) is 0 Å². The number of anilines is 1. The van der Waals surface area contributed by atoms with E-state index in [2.05, 4.69) is 0 Å². The van der Waals surface area contributed by atoms with Crippen molar-refractivity contribution >= 4 is 22.5 Å². The van der Waals surface area contributed by atoms with Crippen LogP contribution < -0.4 is 4.90 Å². The molecule has 0 spiro atoms. The Labute approximate surface area is 163 Å². The molecule has 2 heterocycles. The number of aliphatic hydroxyl groups is 1. The van der Waals surface area contributed by atoms with Gasteiger partial charge in [0, 0.05) is 35.3 Å². The van der Waals surface area contributed by atoms with E-state index >= 15 is 0 Å². The highest BCUT2D eigenvalue weighted by atomic mass is 16.3. The Hall–Kier alpha value is -3.37. The van der Waals surface area contributed by atoms with E-state index in [0.29, 0.717) is 17.7 Å². The fourth-order valence-corrected chi connectivity index (χ4v) is 4.25. The third-order valence-corrected chi connectivity index (χ3v) is 5.61. The molecule has 1 aliphatic rings. The third kappa shape index (κ3) is 2.25. The van der Waals surface area contributed by atoms with E-state index in [1.54, 1.807) is 4.90 Å². The van der Waals surface area contributed by atoms with Gasteiger partial charge in [0.1, 0.15) is 0 Å². The van der Waals surface area contributed by atoms with Crippen LogP contribution in [0.1, 0.15) is 16.7 Å². The van der Waals surface area contributed by atoms with E-state index in [0.717, 1.165) is 22.2 Å². The van der Waals surface area contributed by atoms with E-state index < -0.39 is 5.60 Å². The highest BCUT2D eigenvalue weighted by molar-refractivity contribution is 6.11. The molecule has 0 bridgehead atoms. The van der Waals surface area contributed by atoms with Crippen LogP contribution in [0.25, 0.3) is 10.9 Å². The molecule has 0 saturated carbocycles. The average Bonchev–Trinajstić information content (AvgIpc) is 3.18. The summed E-state index contributed by atoms with van der Waals surface area (Å²) in [6.45, 7) is 0.420. The number of rotatable bonds is 3. The summed E-state index contributed by atoms with van der Waals surface area (Å²) in [5, 5.41) is 12.7. The monoisotopic (exact) mass is 368 g/mol. The quantitative estimate of drug-likeness (QED) is 0.595. The van der Waals surface area contributed by atoms with Gasteiger partial charge < -0.3 is 14.6 Å². The molecule has 1 atom stereocenters. The van der Waals surface area contributed by atoms with E-state index in [9.17, 15) is 9.90 Å². The Bertz CT molecular complexity index is 1200. The van der Waals surface area contributed by atoms with Crippen LogP contribution in [0.3, 0.4) is 0 Å². The number of aryl methyl sites for hydroxylation is 1. The maximum Gasteiger partial charge on any atom is 0.268 e. The molecule has 3 aromatic carbocycles. The van der Waals surface area contributed by atoms with Gasteiger partial charge in [-0.3, -0.25) is 4.79 Å². The molecule has 1 aliphatic heterocycles. The predicted molar refractivity (Wildman–Crippen MR) is 110 cm³/mol. The van der Waals surface area contributed by atoms with Gasteiger partial charge in [-0.05, 0) is 17.7 Å². The predicted octanol–water partition coefficient (Wildman–Crippen LogP) is 3.96. The first-order valence-corrected chi connectivity index (χ1v) is 9.33. The minimum absolute atomic E-state index is 0.311. The molecular formula is C24H20N2O2. The van der Waals surface area contributed by atoms with E-state index in [4.69, 9.17) is 0 Å². The Kier molecular flexibility index (Phi) is 3.64. The highest BCUT2D eigenvalue weighted by Crippen LogP contribution is 2.47. The first-order chi connectivity index (χ1) is 13.6. The molecular weight excluding hydrogens is 348 g/mol. The lowest BCUT2D eigenvalue weighted by molar-refractivity contribution is -0.132. The van der Waals surface area contributed by atoms with Gasteiger partial charge in [-0.2, -0.15) is 0 Å². The molecule has 4 aromatic rings. The van der Waals surface area contributed by atoms with Crippen LogP contribution in [0.15, 0.2) is 85.1 Å². The Morgan fingerprint density at radius 3 is 2.36 bits per heavy atom. The summed E-state index contributed by atoms with van der Waals surface area (Å²) in [5.74, 6) is -0.311. The first-order valence-electron chi connectivity index (χ1n) is 9.33. The number of amides is 1. The van der Waals surface area contributed by atoms with Crippen molar-refractivity contribution in [3.05, 3.63) is 102 Å². The average molecular weight is 368 g/mol. The standard InChI is InChI=1S/C24H20N2O2/c1-25-16-20(18-11-5-7-13-21(18)25)24(28)19-12-6-8-14-22(19)26(23(24)27)15-17-9-3-2-4-10-17/h2-14,16,28H,15H2,1H3/t24-/m0/s1. The molecule has 1 amide bonds. The van der Waals surface area contributed by atoms with Gasteiger partial charge in [-0.15, -0.1) is 0 Å². The van der Waals surface area contributed by atoms with Crippen LogP contribution in [-0.4, -0.2) is 15.6 Å². The maximum absolute atomic E-state index is 13.6. The summed E-state index contributed by atoms with van der Waals surface area (Å²) in [7, 11) is 1.93. The summed E-state index contributed by atoms with van der Waals surface area (Å²) < 4.78 is 1.96. The van der Waals surface area contributed by atoms with E-state index in [1.807, 2.05) is 96.7 Å². The minimum atomic E-state index is -1.70. The topological polar surface area (TPSA) is 45.5 Å². The number of nitrogens with zero attached hydrogens (tertiary/aromatic N) is 2. The van der Waals surface area contributed by atoms with Crippen LogP contribution in [0, 0.1) is 0 Å². The molecule has 1 aromatic heterocycles. The maximum atomic E-state index is 13.6. The fraction of sp³-hybridized carbons (Fsp3) is 0.125. The summed E-state index contributed by atoms with van der Waals surface area (Å²) in [6, 6.07) is 25.2. The number of fused-ring (bicyclic) bond motifs is 2. The van der Waals surface area contributed by atoms with Crippen LogP contribution in [0.5, 0.6) is 0 Å². The number of benzene rings is 3. The normalized spacial score (nSPS) is 18.6. The number of aromatic nitrogens is 1. The van der Waals surface area contributed by atoms with Gasteiger partial charge in [-0.25, -0.2) is 0 Å². The fourth-order valence-electron chi connectivity index (χ4n) is 4.25. The smallest absolute Gasteiger partial charge is 0.268 e. The molecule has 0 saturated heterocycles. The number of carbonyl (C=O) groups excluding carboxylic acids is 1. The number of hydrogen-bond donors (Lipinski definition) is 1. The zero-order valence-corrected chi connectivity index (χ0v) is 15.5. The lowest BCUT2D eigenvalue weighted by Gasteiger charge is -2.23. The van der Waals surface area contributed by atoms with Gasteiger partial charge in [0.2, 0.25) is 0 Å². The second-order valence-corrected chi connectivity index (χ2v) is 7.28. The Morgan fingerprint density at radius 2 is 1.54 bits per heavy atom. The zero-order valence-electron chi connectivity index (χ0n) is 15.5. The molecule has 1 N–H and O–H groups in total. The molecule has 0 aliphatic carbocycles. The van der Waals surface area contributed by atoms with Crippen molar-refractivity contribution in [1.82, 2.24) is 4.57 Å². The van der Waals surface area contributed by atoms with Crippen molar-refractivity contribution in [2.75, 3.05) is 4.90 Å². The minimum Gasteiger partial charge on any atom is -0.372 e. The molecule has 0 unspecified atom stereocenters. The number of carbonyl (C=O) groups is 1. The summed E-state index contributed by atoms with van der Waals surface area (Å²) in [6.07, 6.45) is 1.87. The van der Waals surface area contributed by atoms with Gasteiger partial charge in [-0.1, -0.05) is 66.7 Å². The lowest BCUT2D eigenvalue weighted by Crippen LogP contribution is -2.40. The number of hydrogen-bond acceptors (Lipinski definition) is 2. The van der Waals surface area contributed by atoms with Gasteiger partial charge in [0.15, 0.2) is 5.60 Å². The molecule has 4 nitrogen and oxygen atoms in total. The number of para-hydroxylation sites is 2. The van der Waals surface area contributed by atoms with Crippen molar-refractivity contribution in [1.29, 1.82) is 0 Å². The summed E-state index contributed by atoms with van der Waals surface area (Å²) in [4.78, 5) is 15.3. The van der Waals surface area contributed by atoms with E-state index in [-0.39, 0.29) is 5.91 Å². The van der Waals surface area contributed by atoms with Crippen LogP contribution in [0.2, 0.25) is 0 Å². The zero-order chi connectivity index (χ0) is 19.3. The van der Waals surface area contributed by atoms with Gasteiger partial charge >= 0.3 is 0 Å². The molecule has 5 rings (SSSR count). The summed E-state index contributed by atoms with van der Waals surface area (Å²) >= 11 is 0. The van der Waals surface area contributed by atoms with Crippen molar-refractivity contribution < 1.29 is 9.90 Å². The Morgan fingerprint density at radius 1 is 0.857 bits per heavy atom. The van der Waals surface area contributed by atoms with Crippen LogP contribution in [-0.2, 0) is 24.0 Å². The lowest BCUT2D eigenvalue weighted by atomic mass is 9.87. The SMILES string of the molecule is Cn1cc([C@]2(O)C(=O)N(Cc3ccccc3)c3ccccc32)c2ccccc21. The molecule has 28 heavy (non-hydrogen) atoms. The second-order valence-electron chi connectivity index (χ2n) is 7.28. The first kappa shape index (κ1) is 16.8. The van der Waals surface area contributed by atoms with Crippen molar-refractivity contribution in [2.45, 2.75) is 12.1 Å². The molecule has 4 heteroatoms. The molecule has 138 valence electrons. The van der Waals surface area contributed by atoms with Crippen LogP contribution in [0.4, 0.5) is 5.69 Å². The highest BCUT2D eigenvalue weighted by Gasteiger charge is 2.52. The second kappa shape index (κ2) is 6.08. The molecule has 0 fully saturated rings. The third-order valence-electron chi connectivity index (χ3n) is 5.61. The van der Waals surface area contributed by atoms with Gasteiger partial charge in [0.25, 0.3) is 5.91 Å². The van der Waals surface area contributed by atoms with Crippen molar-refractivity contribution in [3.63, 3.8) is 0 Å². The van der Waals surface area contributed by atoms with Gasteiger partial charge in [0.05, 0.1) is 12.2 Å².